The number of nitrogens with zero attached hydrogens (tertiary/aromatic N) is 4. The maximum absolute atomic E-state index is 5.88. The Morgan fingerprint density at radius 1 is 0.667 bits per heavy atom. The van der Waals surface area contributed by atoms with Crippen LogP contribution in [0.25, 0.3) is 0 Å². The topological polar surface area (TPSA) is 31.4 Å². The molecule has 0 saturated carbocycles. The smallest absolute Gasteiger partial charge is 0.177 e. The summed E-state index contributed by atoms with van der Waals surface area (Å²) in [6.07, 6.45) is 2.60. The molecular formula is C23H40N4O2S4. The highest BCUT2D eigenvalue weighted by Gasteiger charge is 2.39. The zero-order valence-electron chi connectivity index (χ0n) is 21.0. The van der Waals surface area contributed by atoms with Crippen molar-refractivity contribution < 1.29 is 9.47 Å². The molecule has 0 aromatic carbocycles. The molecule has 0 aromatic heterocycles. The molecule has 2 rings (SSSR count). The van der Waals surface area contributed by atoms with Crippen molar-refractivity contribution in [2.45, 2.75) is 71.9 Å². The number of ether oxygens (including phenoxy) is 2. The van der Waals surface area contributed by atoms with Crippen LogP contribution in [-0.2, 0) is 9.47 Å². The fourth-order valence-corrected chi connectivity index (χ4v) is 6.32. The van der Waals surface area contributed by atoms with Crippen LogP contribution in [0.2, 0.25) is 0 Å². The highest BCUT2D eigenvalue weighted by molar-refractivity contribution is 7.82. The van der Waals surface area contributed by atoms with Crippen LogP contribution in [0.15, 0.2) is 0 Å². The Morgan fingerprint density at radius 3 is 1.33 bits per heavy atom. The van der Waals surface area contributed by atoms with Gasteiger partial charge in [0.1, 0.15) is 9.98 Å². The van der Waals surface area contributed by atoms with Crippen molar-refractivity contribution in [3.05, 3.63) is 0 Å². The molecule has 0 bridgehead atoms. The average molecular weight is 533 g/mol. The Kier molecular flexibility index (Phi) is 10.8. The first-order valence-electron chi connectivity index (χ1n) is 11.9. The Labute approximate surface area is 221 Å². The molecule has 6 nitrogen and oxygen atoms in total. The summed E-state index contributed by atoms with van der Waals surface area (Å²) in [6.45, 7) is 18.9. The first kappa shape index (κ1) is 28.7. The fraction of sp³-hybridized carbons (Fsp3) is 0.826. The summed E-state index contributed by atoms with van der Waals surface area (Å²) in [7, 11) is 0. The van der Waals surface area contributed by atoms with Gasteiger partial charge >= 0.3 is 0 Å². The molecule has 33 heavy (non-hydrogen) atoms. The van der Waals surface area contributed by atoms with Gasteiger partial charge in [-0.1, -0.05) is 24.4 Å². The van der Waals surface area contributed by atoms with Crippen LogP contribution in [0.5, 0.6) is 0 Å². The Bertz CT molecular complexity index is 684. The molecule has 2 saturated heterocycles. The lowest BCUT2D eigenvalue weighted by atomic mass is 9.99. The summed E-state index contributed by atoms with van der Waals surface area (Å²) in [5.41, 5.74) is -0.297. The summed E-state index contributed by atoms with van der Waals surface area (Å²) in [5.74, 6) is 0. The Balaban J connectivity index is 1.61. The van der Waals surface area contributed by atoms with Crippen molar-refractivity contribution in [2.75, 3.05) is 52.6 Å². The van der Waals surface area contributed by atoms with Crippen LogP contribution >= 0.6 is 48.9 Å². The summed E-state index contributed by atoms with van der Waals surface area (Å²) in [5, 5.41) is 1.67. The Morgan fingerprint density at radius 2 is 1.03 bits per heavy atom. The molecule has 2 heterocycles. The minimum Gasteiger partial charge on any atom is -0.381 e. The molecule has 0 aliphatic carbocycles. The maximum atomic E-state index is 5.88. The van der Waals surface area contributed by atoms with Crippen molar-refractivity contribution in [2.24, 2.45) is 0 Å². The number of hydrogen-bond donors (Lipinski definition) is 0. The van der Waals surface area contributed by atoms with Crippen LogP contribution in [-0.4, -0.2) is 103 Å². The van der Waals surface area contributed by atoms with Crippen LogP contribution < -0.4 is 0 Å². The van der Waals surface area contributed by atoms with Gasteiger partial charge < -0.3 is 29.1 Å². The zero-order valence-corrected chi connectivity index (χ0v) is 24.3. The van der Waals surface area contributed by atoms with Gasteiger partial charge in [0, 0.05) is 50.6 Å². The monoisotopic (exact) mass is 532 g/mol. The van der Waals surface area contributed by atoms with Crippen molar-refractivity contribution in [3.63, 3.8) is 0 Å². The summed E-state index contributed by atoms with van der Waals surface area (Å²) < 4.78 is 11.8. The Hall–Kier alpha value is -0.520. The predicted octanol–water partition coefficient (Wildman–Crippen LogP) is 4.25. The number of hydrogen-bond acceptors (Lipinski definition) is 6. The van der Waals surface area contributed by atoms with E-state index in [1.807, 2.05) is 0 Å². The summed E-state index contributed by atoms with van der Waals surface area (Å²) in [6, 6.07) is 0. The molecule has 0 amide bonds. The lowest BCUT2D eigenvalue weighted by Gasteiger charge is -2.37. The van der Waals surface area contributed by atoms with E-state index in [1.54, 1.807) is 0 Å². The van der Waals surface area contributed by atoms with Crippen molar-refractivity contribution in [3.8, 4) is 0 Å². The SMILES string of the molecule is CCN1CC(=S)N(C(C)(C)CCOCCCOCCC(C)(C)N2C(=S)CN(CC)C2=S)C1=S. The summed E-state index contributed by atoms with van der Waals surface area (Å²) in [4.78, 5) is 10.3. The molecule has 188 valence electrons. The molecular weight excluding hydrogens is 493 g/mol. The van der Waals surface area contributed by atoms with E-state index in [-0.39, 0.29) is 11.1 Å². The molecule has 0 N–H and O–H groups in total. The highest BCUT2D eigenvalue weighted by atomic mass is 32.1. The highest BCUT2D eigenvalue weighted by Crippen LogP contribution is 2.27. The minimum absolute atomic E-state index is 0.149. The second kappa shape index (κ2) is 12.4. The standard InChI is InChI=1S/C23H40N4O2S4/c1-7-24-16-18(30)26(20(24)32)22(3,4)10-14-28-12-9-13-29-15-11-23(5,6)27-19(31)17-25(8-2)21(27)33/h7-17H2,1-6H3. The van der Waals surface area contributed by atoms with Gasteiger partial charge in [0.15, 0.2) is 10.2 Å². The third kappa shape index (κ3) is 7.24. The third-order valence-electron chi connectivity index (χ3n) is 6.34. The number of thiocarbonyl (C=S) groups is 4. The lowest BCUT2D eigenvalue weighted by Crippen LogP contribution is -2.48. The van der Waals surface area contributed by atoms with Crippen LogP contribution in [0, 0.1) is 0 Å². The second-order valence-corrected chi connectivity index (χ2v) is 11.4. The molecule has 0 aromatic rings. The van der Waals surface area contributed by atoms with E-state index >= 15 is 0 Å². The van der Waals surface area contributed by atoms with Crippen molar-refractivity contribution in [1.82, 2.24) is 19.6 Å². The van der Waals surface area contributed by atoms with Gasteiger partial charge in [0.25, 0.3) is 0 Å². The lowest BCUT2D eigenvalue weighted by molar-refractivity contribution is 0.0620. The van der Waals surface area contributed by atoms with E-state index in [2.05, 4.69) is 61.1 Å². The van der Waals surface area contributed by atoms with Gasteiger partial charge in [0.2, 0.25) is 0 Å². The summed E-state index contributed by atoms with van der Waals surface area (Å²) >= 11 is 22.4. The van der Waals surface area contributed by atoms with Crippen LogP contribution in [0.1, 0.15) is 60.8 Å². The number of likely N-dealkylation sites (N-methyl/N-ethyl adjacent to an activating group) is 2. The van der Waals surface area contributed by atoms with E-state index in [0.717, 1.165) is 65.6 Å². The molecule has 0 unspecified atom stereocenters. The van der Waals surface area contributed by atoms with Crippen LogP contribution in [0.4, 0.5) is 0 Å². The minimum atomic E-state index is -0.149. The van der Waals surface area contributed by atoms with Crippen molar-refractivity contribution >= 4 is 69.1 Å². The van der Waals surface area contributed by atoms with E-state index in [1.165, 1.54) is 0 Å². The zero-order chi connectivity index (χ0) is 24.8. The predicted molar refractivity (Wildman–Crippen MR) is 152 cm³/mol. The van der Waals surface area contributed by atoms with Gasteiger partial charge in [-0.25, -0.2) is 0 Å². The number of rotatable bonds is 14. The van der Waals surface area contributed by atoms with E-state index in [4.69, 9.17) is 58.3 Å². The van der Waals surface area contributed by atoms with Gasteiger partial charge in [0.05, 0.1) is 13.1 Å². The average Bonchev–Trinajstić information content (AvgIpc) is 3.20. The first-order valence-corrected chi connectivity index (χ1v) is 13.5. The fourth-order valence-electron chi connectivity index (χ4n) is 4.12. The van der Waals surface area contributed by atoms with E-state index in [0.29, 0.717) is 26.4 Å². The largest absolute Gasteiger partial charge is 0.381 e. The van der Waals surface area contributed by atoms with Gasteiger partial charge in [-0.15, -0.1) is 0 Å². The van der Waals surface area contributed by atoms with Crippen molar-refractivity contribution in [1.29, 1.82) is 0 Å². The molecule has 2 fully saturated rings. The molecule has 2 aliphatic rings. The van der Waals surface area contributed by atoms with Crippen LogP contribution in [0.3, 0.4) is 0 Å². The van der Waals surface area contributed by atoms with Gasteiger partial charge in [-0.05, 0) is 85.2 Å². The third-order valence-corrected chi connectivity index (χ3v) is 7.85. The normalized spacial score (nSPS) is 17.9. The molecule has 10 heteroatoms. The van der Waals surface area contributed by atoms with Gasteiger partial charge in [-0.3, -0.25) is 0 Å². The quantitative estimate of drug-likeness (QED) is 0.239. The van der Waals surface area contributed by atoms with E-state index in [9.17, 15) is 0 Å². The first-order chi connectivity index (χ1) is 15.5. The molecule has 0 atom stereocenters. The molecule has 0 spiro atoms. The van der Waals surface area contributed by atoms with E-state index < -0.39 is 0 Å². The molecule has 2 aliphatic heterocycles. The van der Waals surface area contributed by atoms with Gasteiger partial charge in [-0.2, -0.15) is 0 Å². The maximum Gasteiger partial charge on any atom is 0.177 e. The molecule has 0 radical (unpaired) electrons. The second-order valence-electron chi connectivity index (χ2n) is 9.75.